The average molecular weight is 428 g/mol. The number of nitrogens with zero attached hydrogens (tertiary/aromatic N) is 1. The number of carbonyl (C=O) groups is 2. The number of hydrogen-bond acceptors (Lipinski definition) is 4. The van der Waals surface area contributed by atoms with Gasteiger partial charge in [0, 0.05) is 4.47 Å². The van der Waals surface area contributed by atoms with E-state index in [0.717, 1.165) is 38.0 Å². The number of ether oxygens (including phenoxy) is 1. The summed E-state index contributed by atoms with van der Waals surface area (Å²) < 4.78 is 6.78. The molecule has 1 heterocycles. The molecule has 4 nitrogen and oxygen atoms in total. The van der Waals surface area contributed by atoms with Crippen molar-refractivity contribution < 1.29 is 14.3 Å². The third-order valence-corrected chi connectivity index (χ3v) is 5.06. The SMILES string of the molecule is C#CCN1C(=O)S/C(=C\c2ccc(OCc3ccc(Br)cc3)cc2)C1=O. The zero-order valence-electron chi connectivity index (χ0n) is 13.6. The van der Waals surface area contributed by atoms with Gasteiger partial charge in [-0.3, -0.25) is 14.5 Å². The molecular formula is C20H14BrNO3S. The number of thioether (sulfide) groups is 1. The first kappa shape index (κ1) is 18.3. The highest BCUT2D eigenvalue weighted by Gasteiger charge is 2.34. The highest BCUT2D eigenvalue weighted by atomic mass is 79.9. The van der Waals surface area contributed by atoms with E-state index in [1.54, 1.807) is 6.08 Å². The molecular weight excluding hydrogens is 414 g/mol. The fourth-order valence-corrected chi connectivity index (χ4v) is 3.39. The summed E-state index contributed by atoms with van der Waals surface area (Å²) in [6, 6.07) is 15.3. The molecule has 0 aliphatic carbocycles. The summed E-state index contributed by atoms with van der Waals surface area (Å²) in [5, 5.41) is -0.339. The van der Waals surface area contributed by atoms with Crippen LogP contribution in [0.4, 0.5) is 4.79 Å². The lowest BCUT2D eigenvalue weighted by Crippen LogP contribution is -2.28. The van der Waals surface area contributed by atoms with Crippen LogP contribution in [0.5, 0.6) is 5.75 Å². The van der Waals surface area contributed by atoms with Crippen LogP contribution in [0, 0.1) is 12.3 Å². The molecule has 0 bridgehead atoms. The maximum atomic E-state index is 12.2. The van der Waals surface area contributed by atoms with Gasteiger partial charge in [-0.15, -0.1) is 6.42 Å². The molecule has 0 saturated carbocycles. The van der Waals surface area contributed by atoms with Gasteiger partial charge in [0.15, 0.2) is 0 Å². The Morgan fingerprint density at radius 3 is 2.46 bits per heavy atom. The van der Waals surface area contributed by atoms with Gasteiger partial charge >= 0.3 is 0 Å². The van der Waals surface area contributed by atoms with E-state index < -0.39 is 0 Å². The molecule has 0 N–H and O–H groups in total. The lowest BCUT2D eigenvalue weighted by atomic mass is 10.2. The molecule has 2 amide bonds. The number of terminal acetylenes is 1. The Balaban J connectivity index is 1.64. The zero-order chi connectivity index (χ0) is 18.5. The number of carbonyl (C=O) groups excluding carboxylic acids is 2. The first-order chi connectivity index (χ1) is 12.6. The standard InChI is InChI=1S/C20H14BrNO3S/c1-2-11-22-19(23)18(26-20(22)24)12-14-5-9-17(10-6-14)25-13-15-3-7-16(21)8-4-15/h1,3-10,12H,11,13H2/b18-12-. The summed E-state index contributed by atoms with van der Waals surface area (Å²) >= 11 is 4.30. The van der Waals surface area contributed by atoms with Crippen LogP contribution in [0.25, 0.3) is 6.08 Å². The summed E-state index contributed by atoms with van der Waals surface area (Å²) in [5.74, 6) is 2.69. The minimum absolute atomic E-state index is 0.00909. The summed E-state index contributed by atoms with van der Waals surface area (Å²) in [6.45, 7) is 0.461. The molecule has 1 fully saturated rings. The minimum Gasteiger partial charge on any atom is -0.489 e. The Kier molecular flexibility index (Phi) is 5.82. The van der Waals surface area contributed by atoms with Gasteiger partial charge < -0.3 is 4.74 Å². The highest BCUT2D eigenvalue weighted by molar-refractivity contribution is 9.10. The molecule has 0 atom stereocenters. The molecule has 3 rings (SSSR count). The van der Waals surface area contributed by atoms with Gasteiger partial charge in [-0.25, -0.2) is 0 Å². The lowest BCUT2D eigenvalue weighted by Gasteiger charge is -2.07. The molecule has 2 aromatic carbocycles. The second-order valence-electron chi connectivity index (χ2n) is 5.46. The molecule has 0 unspecified atom stereocenters. The van der Waals surface area contributed by atoms with Crippen molar-refractivity contribution in [1.82, 2.24) is 4.90 Å². The van der Waals surface area contributed by atoms with Crippen LogP contribution in [-0.4, -0.2) is 22.6 Å². The largest absolute Gasteiger partial charge is 0.489 e. The van der Waals surface area contributed by atoms with Gasteiger partial charge in [-0.05, 0) is 53.2 Å². The van der Waals surface area contributed by atoms with Crippen molar-refractivity contribution >= 4 is 44.9 Å². The monoisotopic (exact) mass is 427 g/mol. The highest BCUT2D eigenvalue weighted by Crippen LogP contribution is 2.32. The number of hydrogen-bond donors (Lipinski definition) is 0. The van der Waals surface area contributed by atoms with E-state index in [1.165, 1.54) is 0 Å². The minimum atomic E-state index is -0.353. The summed E-state index contributed by atoms with van der Waals surface area (Å²) in [6.07, 6.45) is 6.86. The van der Waals surface area contributed by atoms with E-state index in [1.807, 2.05) is 48.5 Å². The number of benzene rings is 2. The quantitative estimate of drug-likeness (QED) is 0.512. The molecule has 1 saturated heterocycles. The van der Waals surface area contributed by atoms with Crippen molar-refractivity contribution in [2.45, 2.75) is 6.61 Å². The van der Waals surface area contributed by atoms with Crippen LogP contribution in [0.2, 0.25) is 0 Å². The molecule has 130 valence electrons. The van der Waals surface area contributed by atoms with Gasteiger partial charge in [0.2, 0.25) is 0 Å². The lowest BCUT2D eigenvalue weighted by molar-refractivity contribution is -0.122. The van der Waals surface area contributed by atoms with Crippen molar-refractivity contribution in [3.8, 4) is 18.1 Å². The Labute approximate surface area is 164 Å². The predicted molar refractivity (Wildman–Crippen MR) is 106 cm³/mol. The molecule has 0 radical (unpaired) electrons. The van der Waals surface area contributed by atoms with Gasteiger partial charge in [0.05, 0.1) is 11.4 Å². The number of rotatable bonds is 5. The van der Waals surface area contributed by atoms with Crippen LogP contribution in [0.15, 0.2) is 57.9 Å². The fraction of sp³-hybridized carbons (Fsp3) is 0.100. The number of imide groups is 1. The molecule has 0 aromatic heterocycles. The second-order valence-corrected chi connectivity index (χ2v) is 7.37. The molecule has 1 aliphatic rings. The van der Waals surface area contributed by atoms with Crippen molar-refractivity contribution in [2.75, 3.05) is 6.54 Å². The van der Waals surface area contributed by atoms with Crippen LogP contribution >= 0.6 is 27.7 Å². The van der Waals surface area contributed by atoms with Crippen molar-refractivity contribution in [1.29, 1.82) is 0 Å². The first-order valence-corrected chi connectivity index (χ1v) is 9.34. The van der Waals surface area contributed by atoms with Crippen LogP contribution in [-0.2, 0) is 11.4 Å². The maximum absolute atomic E-state index is 12.2. The third kappa shape index (κ3) is 4.37. The van der Waals surface area contributed by atoms with Crippen molar-refractivity contribution in [3.63, 3.8) is 0 Å². The van der Waals surface area contributed by atoms with Gasteiger partial charge in [-0.2, -0.15) is 0 Å². The summed E-state index contributed by atoms with van der Waals surface area (Å²) in [4.78, 5) is 25.4. The number of halogens is 1. The van der Waals surface area contributed by atoms with Crippen LogP contribution in [0.3, 0.4) is 0 Å². The Hall–Kier alpha value is -2.49. The zero-order valence-corrected chi connectivity index (χ0v) is 16.0. The van der Waals surface area contributed by atoms with Crippen molar-refractivity contribution in [3.05, 3.63) is 69.0 Å². The van der Waals surface area contributed by atoms with Crippen LogP contribution in [0.1, 0.15) is 11.1 Å². The van der Waals surface area contributed by atoms with Gasteiger partial charge in [-0.1, -0.05) is 46.1 Å². The van der Waals surface area contributed by atoms with Gasteiger partial charge in [0.25, 0.3) is 11.1 Å². The predicted octanol–water partition coefficient (Wildman–Crippen LogP) is 4.70. The van der Waals surface area contributed by atoms with E-state index in [9.17, 15) is 9.59 Å². The van der Waals surface area contributed by atoms with E-state index in [2.05, 4.69) is 21.9 Å². The molecule has 26 heavy (non-hydrogen) atoms. The van der Waals surface area contributed by atoms with E-state index >= 15 is 0 Å². The Morgan fingerprint density at radius 1 is 1.12 bits per heavy atom. The van der Waals surface area contributed by atoms with Gasteiger partial charge in [0.1, 0.15) is 12.4 Å². The second kappa shape index (κ2) is 8.26. The average Bonchev–Trinajstić information content (AvgIpc) is 2.90. The fourth-order valence-electron chi connectivity index (χ4n) is 2.29. The summed E-state index contributed by atoms with van der Waals surface area (Å²) in [5.41, 5.74) is 1.88. The topological polar surface area (TPSA) is 46.6 Å². The maximum Gasteiger partial charge on any atom is 0.294 e. The van der Waals surface area contributed by atoms with E-state index in [0.29, 0.717) is 11.5 Å². The molecule has 2 aromatic rings. The normalized spacial score (nSPS) is 15.4. The van der Waals surface area contributed by atoms with Crippen molar-refractivity contribution in [2.24, 2.45) is 0 Å². The Bertz CT molecular complexity index is 898. The molecule has 1 aliphatic heterocycles. The Morgan fingerprint density at radius 2 is 1.81 bits per heavy atom. The molecule has 0 spiro atoms. The summed E-state index contributed by atoms with van der Waals surface area (Å²) in [7, 11) is 0. The third-order valence-electron chi connectivity index (χ3n) is 3.62. The first-order valence-electron chi connectivity index (χ1n) is 7.73. The number of amides is 2. The van der Waals surface area contributed by atoms with Crippen LogP contribution < -0.4 is 4.74 Å². The van der Waals surface area contributed by atoms with E-state index in [4.69, 9.17) is 11.2 Å². The van der Waals surface area contributed by atoms with E-state index in [-0.39, 0.29) is 17.7 Å². The molecule has 6 heteroatoms. The smallest absolute Gasteiger partial charge is 0.294 e.